The molecule has 0 aromatic heterocycles. The molecule has 0 aromatic carbocycles. The molecule has 0 bridgehead atoms. The number of hydrogen-bond acceptors (Lipinski definition) is 5. The number of nitrogens with one attached hydrogen (secondary N) is 2. The van der Waals surface area contributed by atoms with Crippen LogP contribution in [-0.2, 0) is 9.59 Å². The highest BCUT2D eigenvalue weighted by Gasteiger charge is 2.32. The maximum atomic E-state index is 11.2. The van der Waals surface area contributed by atoms with Crippen molar-refractivity contribution < 1.29 is 19.8 Å². The first-order chi connectivity index (χ1) is 8.87. The molecule has 0 saturated carbocycles. The first-order valence-corrected chi connectivity index (χ1v) is 6.31. The molecule has 7 heteroatoms. The van der Waals surface area contributed by atoms with Gasteiger partial charge in [-0.05, 0) is 6.42 Å². The summed E-state index contributed by atoms with van der Waals surface area (Å²) in [5.41, 5.74) is 4.21. The van der Waals surface area contributed by atoms with E-state index in [9.17, 15) is 14.7 Å². The van der Waals surface area contributed by atoms with Crippen molar-refractivity contribution >= 4 is 12.3 Å². The van der Waals surface area contributed by atoms with E-state index in [1.54, 1.807) is 13.8 Å². The van der Waals surface area contributed by atoms with Gasteiger partial charge in [-0.2, -0.15) is 0 Å². The molecule has 0 radical (unpaired) electrons. The Labute approximate surface area is 114 Å². The lowest BCUT2D eigenvalue weighted by Gasteiger charge is -2.26. The van der Waals surface area contributed by atoms with Crippen LogP contribution >= 0.6 is 0 Å². The summed E-state index contributed by atoms with van der Waals surface area (Å²) in [5, 5.41) is 23.4. The summed E-state index contributed by atoms with van der Waals surface area (Å²) < 4.78 is 0. The molecule has 0 saturated heterocycles. The predicted octanol–water partition coefficient (Wildman–Crippen LogP) is -1.42. The molecule has 0 aliphatic carbocycles. The van der Waals surface area contributed by atoms with Gasteiger partial charge in [0, 0.05) is 25.0 Å². The third-order valence-electron chi connectivity index (χ3n) is 2.32. The quantitative estimate of drug-likeness (QED) is 0.275. The zero-order valence-electron chi connectivity index (χ0n) is 12.0. The minimum Gasteiger partial charge on any atom is -0.396 e. The lowest BCUT2D eigenvalue weighted by molar-refractivity contribution is -0.137. The van der Waals surface area contributed by atoms with Gasteiger partial charge in [0.25, 0.3) is 0 Å². The number of aliphatic hydroxyl groups is 2. The monoisotopic (exact) mass is 277 g/mol. The maximum Gasteiger partial charge on any atom is 0.249 e. The molecule has 0 aromatic rings. The summed E-state index contributed by atoms with van der Waals surface area (Å²) >= 11 is 0. The predicted molar refractivity (Wildman–Crippen MR) is 73.3 cm³/mol. The lowest BCUT2D eigenvalue weighted by atomic mass is 9.87. The van der Waals surface area contributed by atoms with Gasteiger partial charge in [-0.1, -0.05) is 20.8 Å². The smallest absolute Gasteiger partial charge is 0.249 e. The Bertz CT molecular complexity index is 247. The van der Waals surface area contributed by atoms with Gasteiger partial charge in [0.05, 0.1) is 6.61 Å². The fourth-order valence-electron chi connectivity index (χ4n) is 0.928. The van der Waals surface area contributed by atoms with Crippen LogP contribution < -0.4 is 16.4 Å². The third kappa shape index (κ3) is 10.4. The van der Waals surface area contributed by atoms with Crippen LogP contribution in [0.4, 0.5) is 0 Å². The number of rotatable bonds is 8. The lowest BCUT2D eigenvalue weighted by Crippen LogP contribution is -2.45. The average molecular weight is 277 g/mol. The maximum absolute atomic E-state index is 11.2. The topological polar surface area (TPSA) is 125 Å². The molecule has 114 valence electrons. The number of carbonyl (C=O) groups is 2. The van der Waals surface area contributed by atoms with Gasteiger partial charge in [-0.25, -0.2) is 0 Å². The largest absolute Gasteiger partial charge is 0.396 e. The standard InChI is InChI=1S/C9H19NO3.C3H8N2O/c1-4-5-10-8(13)7(12)9(2,3)6-11;4-1-2-5-3-6/h7,11-12H,4-6H2,1-3H3,(H,10,13);3H,1-2,4H2,(H,5,6). The van der Waals surface area contributed by atoms with Crippen LogP contribution in [0.5, 0.6) is 0 Å². The summed E-state index contributed by atoms with van der Waals surface area (Å²) in [6.45, 7) is 6.64. The fourth-order valence-corrected chi connectivity index (χ4v) is 0.928. The van der Waals surface area contributed by atoms with Gasteiger partial charge >= 0.3 is 0 Å². The Morgan fingerprint density at radius 3 is 2.32 bits per heavy atom. The molecule has 0 fully saturated rings. The number of amides is 2. The molecule has 0 spiro atoms. The van der Waals surface area contributed by atoms with Crippen molar-refractivity contribution in [3.8, 4) is 0 Å². The molecule has 1 unspecified atom stereocenters. The summed E-state index contributed by atoms with van der Waals surface area (Å²) in [6, 6.07) is 0. The van der Waals surface area contributed by atoms with Gasteiger partial charge in [0.2, 0.25) is 12.3 Å². The summed E-state index contributed by atoms with van der Waals surface area (Å²) in [7, 11) is 0. The SMILES string of the molecule is CCCNC(=O)C(O)C(C)(C)CO.NCCNC=O. The Hall–Kier alpha value is -1.18. The molecule has 19 heavy (non-hydrogen) atoms. The van der Waals surface area contributed by atoms with Crippen molar-refractivity contribution in [1.29, 1.82) is 0 Å². The molecule has 7 nitrogen and oxygen atoms in total. The summed E-state index contributed by atoms with van der Waals surface area (Å²) in [6.07, 6.45) is 0.314. The molecule has 0 aliphatic rings. The molecule has 0 aliphatic heterocycles. The minimum atomic E-state index is -1.15. The van der Waals surface area contributed by atoms with Gasteiger partial charge in [0.15, 0.2) is 0 Å². The van der Waals surface area contributed by atoms with Crippen LogP contribution in [0.25, 0.3) is 0 Å². The van der Waals surface area contributed by atoms with E-state index >= 15 is 0 Å². The Kier molecular flexibility index (Phi) is 12.6. The van der Waals surface area contributed by atoms with Crippen LogP contribution in [0.1, 0.15) is 27.2 Å². The fraction of sp³-hybridized carbons (Fsp3) is 0.833. The van der Waals surface area contributed by atoms with Crippen LogP contribution in [0.2, 0.25) is 0 Å². The molecule has 6 N–H and O–H groups in total. The number of aliphatic hydroxyl groups excluding tert-OH is 2. The summed E-state index contributed by atoms with van der Waals surface area (Å²) in [5.74, 6) is -0.416. The van der Waals surface area contributed by atoms with Crippen molar-refractivity contribution in [2.45, 2.75) is 33.3 Å². The highest BCUT2D eigenvalue weighted by molar-refractivity contribution is 5.81. The van der Waals surface area contributed by atoms with E-state index in [0.717, 1.165) is 6.42 Å². The first-order valence-electron chi connectivity index (χ1n) is 6.31. The van der Waals surface area contributed by atoms with E-state index in [-0.39, 0.29) is 6.61 Å². The van der Waals surface area contributed by atoms with Gasteiger partial charge in [-0.3, -0.25) is 9.59 Å². The Morgan fingerprint density at radius 1 is 1.42 bits per heavy atom. The van der Waals surface area contributed by atoms with E-state index in [2.05, 4.69) is 10.6 Å². The molecular formula is C12H27N3O4. The Balaban J connectivity index is 0. The second-order valence-electron chi connectivity index (χ2n) is 4.70. The average Bonchev–Trinajstić information content (AvgIpc) is 2.42. The van der Waals surface area contributed by atoms with E-state index in [4.69, 9.17) is 10.8 Å². The van der Waals surface area contributed by atoms with E-state index < -0.39 is 17.4 Å². The molecule has 0 rings (SSSR count). The van der Waals surface area contributed by atoms with Crippen LogP contribution in [0.15, 0.2) is 0 Å². The number of nitrogens with two attached hydrogens (primary N) is 1. The zero-order chi connectivity index (χ0) is 15.3. The van der Waals surface area contributed by atoms with Gasteiger partial charge in [0.1, 0.15) is 6.10 Å². The molecule has 2 amide bonds. The van der Waals surface area contributed by atoms with Crippen molar-refractivity contribution in [2.75, 3.05) is 26.2 Å². The Morgan fingerprint density at radius 2 is 2.00 bits per heavy atom. The van der Waals surface area contributed by atoms with Crippen molar-refractivity contribution in [3.63, 3.8) is 0 Å². The number of hydrogen-bond donors (Lipinski definition) is 5. The summed E-state index contributed by atoms with van der Waals surface area (Å²) in [4.78, 5) is 20.6. The van der Waals surface area contributed by atoms with Gasteiger partial charge < -0.3 is 26.6 Å². The zero-order valence-corrected chi connectivity index (χ0v) is 12.0. The van der Waals surface area contributed by atoms with Gasteiger partial charge in [-0.15, -0.1) is 0 Å². The minimum absolute atomic E-state index is 0.215. The number of carbonyl (C=O) groups excluding carboxylic acids is 2. The highest BCUT2D eigenvalue weighted by atomic mass is 16.3. The second-order valence-corrected chi connectivity index (χ2v) is 4.70. The van der Waals surface area contributed by atoms with E-state index in [0.29, 0.717) is 26.0 Å². The van der Waals surface area contributed by atoms with E-state index in [1.807, 2.05) is 6.92 Å². The van der Waals surface area contributed by atoms with Crippen LogP contribution in [0, 0.1) is 5.41 Å². The van der Waals surface area contributed by atoms with Crippen molar-refractivity contribution in [1.82, 2.24) is 10.6 Å². The van der Waals surface area contributed by atoms with Crippen LogP contribution in [-0.4, -0.2) is 54.9 Å². The van der Waals surface area contributed by atoms with Crippen molar-refractivity contribution in [3.05, 3.63) is 0 Å². The normalized spacial score (nSPS) is 11.9. The second kappa shape index (κ2) is 11.9. The highest BCUT2D eigenvalue weighted by Crippen LogP contribution is 2.19. The molecule has 0 heterocycles. The van der Waals surface area contributed by atoms with Crippen LogP contribution in [0.3, 0.4) is 0 Å². The van der Waals surface area contributed by atoms with Crippen molar-refractivity contribution in [2.24, 2.45) is 11.1 Å². The molecule has 1 atom stereocenters. The molecular weight excluding hydrogens is 250 g/mol. The third-order valence-corrected chi connectivity index (χ3v) is 2.32. The first kappa shape index (κ1) is 20.1. The van der Waals surface area contributed by atoms with E-state index in [1.165, 1.54) is 0 Å².